The Bertz CT molecular complexity index is 960. The van der Waals surface area contributed by atoms with Gasteiger partial charge in [0.05, 0.1) is 0 Å². The largest absolute Gasteiger partial charge is 0.363 e. The van der Waals surface area contributed by atoms with Crippen molar-refractivity contribution in [1.29, 1.82) is 0 Å². The number of halogens is 1. The number of hydrogen-bond acceptors (Lipinski definition) is 4. The third-order valence-electron chi connectivity index (χ3n) is 4.25. The van der Waals surface area contributed by atoms with Crippen LogP contribution in [0.25, 0.3) is 0 Å². The minimum atomic E-state index is -0.304. The van der Waals surface area contributed by atoms with Crippen LogP contribution >= 0.6 is 11.6 Å². The van der Waals surface area contributed by atoms with Crippen LogP contribution in [-0.2, 0) is 0 Å². The van der Waals surface area contributed by atoms with Crippen molar-refractivity contribution in [2.45, 2.75) is 26.8 Å². The molecule has 1 unspecified atom stereocenters. The van der Waals surface area contributed by atoms with E-state index in [2.05, 4.69) is 20.6 Å². The monoisotopic (exact) mass is 380 g/mol. The Labute approximate surface area is 163 Å². The smallest absolute Gasteiger partial charge is 0.274 e. The van der Waals surface area contributed by atoms with Crippen molar-refractivity contribution in [3.63, 3.8) is 0 Å². The Balaban J connectivity index is 1.80. The topological polar surface area (TPSA) is 66.9 Å². The standard InChI is InChI=1S/C21H21ClN4O/c1-13-17(22)10-7-11-18(13)26-21(27)19-12-20(25-15(3)24-19)23-14(2)16-8-5-4-6-9-16/h4-12,14H,1-3H3,(H,26,27)(H,23,24,25). The van der Waals surface area contributed by atoms with E-state index in [0.29, 0.717) is 28.0 Å². The van der Waals surface area contributed by atoms with E-state index in [0.717, 1.165) is 11.1 Å². The number of aromatic nitrogens is 2. The highest BCUT2D eigenvalue weighted by Gasteiger charge is 2.14. The van der Waals surface area contributed by atoms with Crippen LogP contribution in [0.2, 0.25) is 5.02 Å². The van der Waals surface area contributed by atoms with Gasteiger partial charge in [0.2, 0.25) is 0 Å². The van der Waals surface area contributed by atoms with Gasteiger partial charge >= 0.3 is 0 Å². The number of anilines is 2. The molecule has 0 aliphatic rings. The normalized spacial score (nSPS) is 11.7. The summed E-state index contributed by atoms with van der Waals surface area (Å²) in [6, 6.07) is 17.1. The van der Waals surface area contributed by atoms with E-state index in [1.54, 1.807) is 25.1 Å². The van der Waals surface area contributed by atoms with Crippen molar-refractivity contribution in [2.24, 2.45) is 0 Å². The maximum atomic E-state index is 12.7. The second kappa shape index (κ2) is 8.18. The molecule has 2 N–H and O–H groups in total. The van der Waals surface area contributed by atoms with Crippen molar-refractivity contribution >= 4 is 29.0 Å². The predicted octanol–water partition coefficient (Wildman–Crippen LogP) is 5.17. The summed E-state index contributed by atoms with van der Waals surface area (Å²) >= 11 is 6.12. The second-order valence-electron chi connectivity index (χ2n) is 6.33. The predicted molar refractivity (Wildman–Crippen MR) is 109 cm³/mol. The molecule has 0 saturated carbocycles. The highest BCUT2D eigenvalue weighted by atomic mass is 35.5. The first-order chi connectivity index (χ1) is 12.9. The molecule has 2 aromatic carbocycles. The average molecular weight is 381 g/mol. The van der Waals surface area contributed by atoms with Crippen LogP contribution in [0.15, 0.2) is 54.6 Å². The van der Waals surface area contributed by atoms with Gasteiger partial charge in [-0.3, -0.25) is 4.79 Å². The van der Waals surface area contributed by atoms with E-state index in [9.17, 15) is 4.79 Å². The number of amides is 1. The molecule has 1 atom stereocenters. The van der Waals surface area contributed by atoms with Crippen LogP contribution in [0.1, 0.15) is 40.4 Å². The van der Waals surface area contributed by atoms with Crippen LogP contribution in [0.5, 0.6) is 0 Å². The Morgan fingerprint density at radius 2 is 1.78 bits per heavy atom. The molecule has 3 aromatic rings. The lowest BCUT2D eigenvalue weighted by Crippen LogP contribution is -2.17. The zero-order valence-corrected chi connectivity index (χ0v) is 16.2. The van der Waals surface area contributed by atoms with E-state index in [4.69, 9.17) is 11.6 Å². The van der Waals surface area contributed by atoms with Gasteiger partial charge in [0.1, 0.15) is 17.3 Å². The summed E-state index contributed by atoms with van der Waals surface area (Å²) in [5.74, 6) is 0.821. The van der Waals surface area contributed by atoms with E-state index in [1.807, 2.05) is 50.2 Å². The van der Waals surface area contributed by atoms with Gasteiger partial charge in [-0.25, -0.2) is 9.97 Å². The van der Waals surface area contributed by atoms with Crippen LogP contribution in [-0.4, -0.2) is 15.9 Å². The molecule has 0 bridgehead atoms. The van der Waals surface area contributed by atoms with Gasteiger partial charge in [0, 0.05) is 22.8 Å². The Kier molecular flexibility index (Phi) is 5.72. The van der Waals surface area contributed by atoms with Gasteiger partial charge in [-0.05, 0) is 44.0 Å². The summed E-state index contributed by atoms with van der Waals surface area (Å²) in [5.41, 5.74) is 2.91. The van der Waals surface area contributed by atoms with Crippen LogP contribution < -0.4 is 10.6 Å². The molecule has 1 amide bonds. The zero-order valence-electron chi connectivity index (χ0n) is 15.5. The molecule has 1 heterocycles. The lowest BCUT2D eigenvalue weighted by atomic mass is 10.1. The Morgan fingerprint density at radius 1 is 1.04 bits per heavy atom. The first-order valence-electron chi connectivity index (χ1n) is 8.67. The number of carbonyl (C=O) groups is 1. The summed E-state index contributed by atoms with van der Waals surface area (Å²) in [5, 5.41) is 6.79. The van der Waals surface area contributed by atoms with Crippen molar-refractivity contribution in [3.8, 4) is 0 Å². The highest BCUT2D eigenvalue weighted by molar-refractivity contribution is 6.31. The number of nitrogens with zero attached hydrogens (tertiary/aromatic N) is 2. The zero-order chi connectivity index (χ0) is 19.4. The lowest BCUT2D eigenvalue weighted by Gasteiger charge is -2.16. The fraction of sp³-hybridized carbons (Fsp3) is 0.190. The molecule has 138 valence electrons. The maximum Gasteiger partial charge on any atom is 0.274 e. The van der Waals surface area contributed by atoms with Gasteiger partial charge in [0.15, 0.2) is 0 Å². The van der Waals surface area contributed by atoms with Crippen LogP contribution in [0.4, 0.5) is 11.5 Å². The third-order valence-corrected chi connectivity index (χ3v) is 4.66. The molecule has 5 nitrogen and oxygen atoms in total. The molecule has 27 heavy (non-hydrogen) atoms. The highest BCUT2D eigenvalue weighted by Crippen LogP contribution is 2.24. The third kappa shape index (κ3) is 4.63. The number of rotatable bonds is 5. The Morgan fingerprint density at radius 3 is 2.52 bits per heavy atom. The van der Waals surface area contributed by atoms with E-state index in [1.165, 1.54) is 0 Å². The van der Waals surface area contributed by atoms with Crippen LogP contribution in [0.3, 0.4) is 0 Å². The number of aryl methyl sites for hydroxylation is 1. The summed E-state index contributed by atoms with van der Waals surface area (Å²) in [4.78, 5) is 21.3. The van der Waals surface area contributed by atoms with E-state index >= 15 is 0 Å². The molecular weight excluding hydrogens is 360 g/mol. The van der Waals surface area contributed by atoms with Gasteiger partial charge < -0.3 is 10.6 Å². The molecule has 0 fully saturated rings. The lowest BCUT2D eigenvalue weighted by molar-refractivity contribution is 0.102. The molecule has 0 aliphatic carbocycles. The minimum absolute atomic E-state index is 0.0478. The minimum Gasteiger partial charge on any atom is -0.363 e. The maximum absolute atomic E-state index is 12.7. The molecule has 0 radical (unpaired) electrons. The molecule has 3 rings (SSSR count). The Hall–Kier alpha value is -2.92. The summed E-state index contributed by atoms with van der Waals surface area (Å²) in [6.45, 7) is 5.67. The summed E-state index contributed by atoms with van der Waals surface area (Å²) in [7, 11) is 0. The van der Waals surface area contributed by atoms with E-state index < -0.39 is 0 Å². The van der Waals surface area contributed by atoms with Crippen molar-refractivity contribution < 1.29 is 4.79 Å². The molecule has 0 spiro atoms. The number of hydrogen-bond donors (Lipinski definition) is 2. The van der Waals surface area contributed by atoms with Gasteiger partial charge in [-0.1, -0.05) is 48.0 Å². The number of nitrogens with one attached hydrogen (secondary N) is 2. The average Bonchev–Trinajstić information content (AvgIpc) is 2.65. The first kappa shape index (κ1) is 18.9. The van der Waals surface area contributed by atoms with Crippen molar-refractivity contribution in [3.05, 3.63) is 82.3 Å². The molecule has 0 saturated heterocycles. The number of benzene rings is 2. The molecular formula is C21H21ClN4O. The second-order valence-corrected chi connectivity index (χ2v) is 6.74. The van der Waals surface area contributed by atoms with Crippen LogP contribution in [0, 0.1) is 13.8 Å². The van der Waals surface area contributed by atoms with Crippen molar-refractivity contribution in [1.82, 2.24) is 9.97 Å². The molecule has 0 aliphatic heterocycles. The fourth-order valence-electron chi connectivity index (χ4n) is 2.73. The van der Waals surface area contributed by atoms with Gasteiger partial charge in [0.25, 0.3) is 5.91 Å². The summed E-state index contributed by atoms with van der Waals surface area (Å²) in [6.07, 6.45) is 0. The fourth-order valence-corrected chi connectivity index (χ4v) is 2.91. The first-order valence-corrected chi connectivity index (χ1v) is 9.05. The van der Waals surface area contributed by atoms with Gasteiger partial charge in [-0.15, -0.1) is 0 Å². The van der Waals surface area contributed by atoms with E-state index in [-0.39, 0.29) is 11.9 Å². The molecule has 6 heteroatoms. The molecule has 1 aromatic heterocycles. The van der Waals surface area contributed by atoms with Gasteiger partial charge in [-0.2, -0.15) is 0 Å². The summed E-state index contributed by atoms with van der Waals surface area (Å²) < 4.78 is 0. The van der Waals surface area contributed by atoms with Crippen molar-refractivity contribution in [2.75, 3.05) is 10.6 Å². The SMILES string of the molecule is Cc1nc(NC(C)c2ccccc2)cc(C(=O)Nc2cccc(Cl)c2C)n1. The quantitative estimate of drug-likeness (QED) is 0.640. The number of carbonyl (C=O) groups excluding carboxylic acids is 1.